The van der Waals surface area contributed by atoms with Gasteiger partial charge >= 0.3 is 5.97 Å². The predicted octanol–water partition coefficient (Wildman–Crippen LogP) is 3.76. The summed E-state index contributed by atoms with van der Waals surface area (Å²) >= 11 is 6.94. The highest BCUT2D eigenvalue weighted by Gasteiger charge is 2.23. The van der Waals surface area contributed by atoms with Gasteiger partial charge in [0, 0.05) is 11.6 Å². The molecule has 1 N–H and O–H groups in total. The summed E-state index contributed by atoms with van der Waals surface area (Å²) in [4.78, 5) is 15.0. The summed E-state index contributed by atoms with van der Waals surface area (Å²) in [6.45, 7) is 5.91. The van der Waals surface area contributed by atoms with Gasteiger partial charge < -0.3 is 9.67 Å². The molecule has 2 rings (SSSR count). The largest absolute Gasteiger partial charge is 0.481 e. The first-order chi connectivity index (χ1) is 9.20. The molecule has 0 fully saturated rings. The zero-order chi connectivity index (χ0) is 15.1. The number of carbonyl (C=O) groups is 1. The van der Waals surface area contributed by atoms with E-state index in [0.29, 0.717) is 16.2 Å². The topological polar surface area (TPSA) is 55.1 Å². The van der Waals surface area contributed by atoms with Crippen molar-refractivity contribution in [1.82, 2.24) is 9.55 Å². The van der Waals surface area contributed by atoms with Gasteiger partial charge in [0.25, 0.3) is 0 Å². The van der Waals surface area contributed by atoms with Gasteiger partial charge in [0.05, 0.1) is 21.8 Å². The number of carboxylic acid groups (broad SMARTS) is 1. The van der Waals surface area contributed by atoms with Crippen molar-refractivity contribution in [3.63, 3.8) is 0 Å². The molecule has 0 spiro atoms. The zero-order valence-corrected chi connectivity index (χ0v) is 12.8. The molecule has 1 heterocycles. The Balaban J connectivity index is 2.64. The number of halogens is 2. The molecular weight excluding hydrogens is 303 g/mol. The van der Waals surface area contributed by atoms with E-state index in [9.17, 15) is 9.18 Å². The van der Waals surface area contributed by atoms with Crippen molar-refractivity contribution in [2.24, 2.45) is 0 Å². The van der Waals surface area contributed by atoms with Crippen molar-refractivity contribution < 1.29 is 14.3 Å². The van der Waals surface area contributed by atoms with Crippen molar-refractivity contribution in [2.75, 3.05) is 5.75 Å². The Kier molecular flexibility index (Phi) is 3.97. The fourth-order valence-corrected chi connectivity index (χ4v) is 3.00. The highest BCUT2D eigenvalue weighted by molar-refractivity contribution is 7.99. The number of hydrogen-bond acceptors (Lipinski definition) is 3. The SMILES string of the molecule is CC(C)(C)n1c(SCC(=O)O)nc2cc(F)c(Cl)cc21. The Bertz CT molecular complexity index is 679. The number of thioether (sulfide) groups is 1. The summed E-state index contributed by atoms with van der Waals surface area (Å²) in [5.41, 5.74) is 0.836. The van der Waals surface area contributed by atoms with E-state index in [1.165, 1.54) is 12.1 Å². The van der Waals surface area contributed by atoms with Crippen LogP contribution in [0.2, 0.25) is 5.02 Å². The summed E-state index contributed by atoms with van der Waals surface area (Å²) in [7, 11) is 0. The van der Waals surface area contributed by atoms with Crippen LogP contribution in [0.4, 0.5) is 4.39 Å². The maximum absolute atomic E-state index is 13.5. The summed E-state index contributed by atoms with van der Waals surface area (Å²) in [5.74, 6) is -1.56. The molecule has 108 valence electrons. The molecule has 0 bridgehead atoms. The summed E-state index contributed by atoms with van der Waals surface area (Å²) < 4.78 is 15.4. The quantitative estimate of drug-likeness (QED) is 0.876. The summed E-state index contributed by atoms with van der Waals surface area (Å²) in [6, 6.07) is 2.79. The van der Waals surface area contributed by atoms with Gasteiger partial charge in [-0.15, -0.1) is 0 Å². The monoisotopic (exact) mass is 316 g/mol. The van der Waals surface area contributed by atoms with Crippen LogP contribution in [0.1, 0.15) is 20.8 Å². The van der Waals surface area contributed by atoms with E-state index in [4.69, 9.17) is 16.7 Å². The Morgan fingerprint density at radius 3 is 2.70 bits per heavy atom. The molecule has 0 amide bonds. The Hall–Kier alpha value is -1.27. The van der Waals surface area contributed by atoms with E-state index in [2.05, 4.69) is 4.98 Å². The van der Waals surface area contributed by atoms with E-state index in [0.717, 1.165) is 11.8 Å². The molecular formula is C13H14ClFN2O2S. The molecule has 1 aromatic carbocycles. The molecule has 0 aliphatic rings. The molecule has 0 atom stereocenters. The summed E-state index contributed by atoms with van der Waals surface area (Å²) in [6.07, 6.45) is 0. The number of fused-ring (bicyclic) bond motifs is 1. The van der Waals surface area contributed by atoms with Crippen LogP contribution in [0, 0.1) is 5.82 Å². The van der Waals surface area contributed by atoms with Crippen LogP contribution in [0.5, 0.6) is 0 Å². The molecule has 20 heavy (non-hydrogen) atoms. The first kappa shape index (κ1) is 15.1. The van der Waals surface area contributed by atoms with E-state index in [1.54, 1.807) is 0 Å². The second kappa shape index (κ2) is 5.26. The average Bonchev–Trinajstić information content (AvgIpc) is 2.64. The minimum absolute atomic E-state index is 0.0256. The highest BCUT2D eigenvalue weighted by atomic mass is 35.5. The predicted molar refractivity (Wildman–Crippen MR) is 78.1 cm³/mol. The van der Waals surface area contributed by atoms with Crippen LogP contribution in [0.15, 0.2) is 17.3 Å². The maximum atomic E-state index is 13.5. The number of nitrogens with zero attached hydrogens (tertiary/aromatic N) is 2. The van der Waals surface area contributed by atoms with E-state index >= 15 is 0 Å². The van der Waals surface area contributed by atoms with Gasteiger partial charge in [-0.2, -0.15) is 0 Å². The van der Waals surface area contributed by atoms with Crippen LogP contribution in [-0.2, 0) is 10.3 Å². The number of imidazole rings is 1. The lowest BCUT2D eigenvalue weighted by molar-refractivity contribution is -0.133. The van der Waals surface area contributed by atoms with Gasteiger partial charge in [-0.1, -0.05) is 23.4 Å². The molecule has 1 aromatic heterocycles. The molecule has 7 heteroatoms. The van der Waals surface area contributed by atoms with Crippen molar-refractivity contribution in [3.8, 4) is 0 Å². The number of aromatic nitrogens is 2. The van der Waals surface area contributed by atoms with Crippen molar-refractivity contribution in [1.29, 1.82) is 0 Å². The first-order valence-corrected chi connectivity index (χ1v) is 7.29. The number of benzene rings is 1. The van der Waals surface area contributed by atoms with Crippen LogP contribution < -0.4 is 0 Å². The lowest BCUT2D eigenvalue weighted by Crippen LogP contribution is -2.22. The lowest BCUT2D eigenvalue weighted by Gasteiger charge is -2.24. The second-order valence-electron chi connectivity index (χ2n) is 5.34. The molecule has 0 saturated heterocycles. The van der Waals surface area contributed by atoms with Crippen molar-refractivity contribution in [2.45, 2.75) is 31.5 Å². The van der Waals surface area contributed by atoms with E-state index in [-0.39, 0.29) is 16.3 Å². The molecule has 0 radical (unpaired) electrons. The molecule has 4 nitrogen and oxygen atoms in total. The number of rotatable bonds is 3. The molecule has 0 aliphatic heterocycles. The molecule has 2 aromatic rings. The lowest BCUT2D eigenvalue weighted by atomic mass is 10.1. The van der Waals surface area contributed by atoms with Gasteiger partial charge in [0.2, 0.25) is 0 Å². The normalized spacial score (nSPS) is 12.1. The van der Waals surface area contributed by atoms with Crippen LogP contribution in [0.25, 0.3) is 11.0 Å². The smallest absolute Gasteiger partial charge is 0.313 e. The van der Waals surface area contributed by atoms with Gasteiger partial charge in [-0.3, -0.25) is 4.79 Å². The van der Waals surface area contributed by atoms with Gasteiger partial charge in [0.1, 0.15) is 5.82 Å². The number of aliphatic carboxylic acids is 1. The Morgan fingerprint density at radius 2 is 2.15 bits per heavy atom. The van der Waals surface area contributed by atoms with Crippen LogP contribution in [-0.4, -0.2) is 26.4 Å². The third kappa shape index (κ3) is 2.91. The number of carboxylic acids is 1. The van der Waals surface area contributed by atoms with E-state index < -0.39 is 11.8 Å². The highest BCUT2D eigenvalue weighted by Crippen LogP contribution is 2.32. The Labute approximate surface area is 124 Å². The minimum Gasteiger partial charge on any atom is -0.481 e. The molecule has 0 saturated carbocycles. The van der Waals surface area contributed by atoms with Gasteiger partial charge in [0.15, 0.2) is 5.16 Å². The van der Waals surface area contributed by atoms with Crippen LogP contribution >= 0.6 is 23.4 Å². The second-order valence-corrected chi connectivity index (χ2v) is 6.69. The zero-order valence-electron chi connectivity index (χ0n) is 11.3. The first-order valence-electron chi connectivity index (χ1n) is 5.92. The van der Waals surface area contributed by atoms with Gasteiger partial charge in [-0.25, -0.2) is 9.37 Å². The fourth-order valence-electron chi connectivity index (χ4n) is 1.92. The molecule has 0 aliphatic carbocycles. The van der Waals surface area contributed by atoms with Crippen LogP contribution in [0.3, 0.4) is 0 Å². The van der Waals surface area contributed by atoms with Crippen molar-refractivity contribution >= 4 is 40.4 Å². The third-order valence-electron chi connectivity index (χ3n) is 2.66. The summed E-state index contributed by atoms with van der Waals surface area (Å²) in [5, 5.41) is 9.36. The Morgan fingerprint density at radius 1 is 1.50 bits per heavy atom. The van der Waals surface area contributed by atoms with Crippen molar-refractivity contribution in [3.05, 3.63) is 23.0 Å². The van der Waals surface area contributed by atoms with Gasteiger partial charge in [-0.05, 0) is 26.8 Å². The standard InChI is InChI=1S/C13H14ClFN2O2S/c1-13(2,3)17-10-4-7(14)8(15)5-9(10)16-12(17)20-6-11(18)19/h4-5H,6H2,1-3H3,(H,18,19). The fraction of sp³-hybridized carbons (Fsp3) is 0.385. The third-order valence-corrected chi connectivity index (χ3v) is 3.87. The maximum Gasteiger partial charge on any atom is 0.313 e. The van der Waals surface area contributed by atoms with E-state index in [1.807, 2.05) is 25.3 Å². The minimum atomic E-state index is -0.924. The molecule has 0 unspecified atom stereocenters. The number of hydrogen-bond donors (Lipinski definition) is 1. The average molecular weight is 317 g/mol.